The van der Waals surface area contributed by atoms with Gasteiger partial charge in [0, 0.05) is 19.2 Å². The minimum atomic E-state index is -3.27. The van der Waals surface area contributed by atoms with E-state index in [9.17, 15) is 17.6 Å². The smallest absolute Gasteiger partial charge is 0.224 e. The second kappa shape index (κ2) is 9.15. The molecule has 8 heteroatoms. The molecule has 1 fully saturated rings. The largest absolute Gasteiger partial charge is 0.492 e. The minimum Gasteiger partial charge on any atom is -0.492 e. The summed E-state index contributed by atoms with van der Waals surface area (Å²) in [6, 6.07) is 5.80. The highest BCUT2D eigenvalue weighted by Crippen LogP contribution is 2.20. The molecule has 0 aromatic heterocycles. The van der Waals surface area contributed by atoms with E-state index in [2.05, 4.69) is 5.32 Å². The Bertz CT molecular complexity index is 681. The van der Waals surface area contributed by atoms with E-state index in [1.807, 2.05) is 6.92 Å². The second-order valence-corrected chi connectivity index (χ2v) is 8.20. The van der Waals surface area contributed by atoms with Gasteiger partial charge in [-0.1, -0.05) is 13.0 Å². The SMILES string of the molecule is CCCS(=O)(=O)N1CCCC(C(=O)NCCOc2cccc(F)c2)C1. The number of nitrogens with zero attached hydrogens (tertiary/aromatic N) is 1. The summed E-state index contributed by atoms with van der Waals surface area (Å²) in [5.74, 6) is -0.363. The van der Waals surface area contributed by atoms with Crippen LogP contribution in [0, 0.1) is 11.7 Å². The van der Waals surface area contributed by atoms with Crippen LogP contribution in [0.5, 0.6) is 5.75 Å². The Labute approximate surface area is 148 Å². The van der Waals surface area contributed by atoms with Gasteiger partial charge in [-0.3, -0.25) is 4.79 Å². The molecule has 25 heavy (non-hydrogen) atoms. The molecule has 0 aliphatic carbocycles. The van der Waals surface area contributed by atoms with Crippen LogP contribution < -0.4 is 10.1 Å². The maximum atomic E-state index is 13.0. The van der Waals surface area contributed by atoms with Gasteiger partial charge in [0.1, 0.15) is 18.2 Å². The molecule has 1 amide bonds. The lowest BCUT2D eigenvalue weighted by molar-refractivity contribution is -0.126. The van der Waals surface area contributed by atoms with Gasteiger partial charge in [-0.2, -0.15) is 0 Å². The maximum Gasteiger partial charge on any atom is 0.224 e. The quantitative estimate of drug-likeness (QED) is 0.706. The molecule has 1 aromatic rings. The van der Waals surface area contributed by atoms with E-state index < -0.39 is 10.0 Å². The number of rotatable bonds is 8. The summed E-state index contributed by atoms with van der Waals surface area (Å²) in [6.45, 7) is 3.05. The molecule has 1 aliphatic rings. The zero-order valence-electron chi connectivity index (χ0n) is 14.4. The van der Waals surface area contributed by atoms with Crippen molar-refractivity contribution in [3.63, 3.8) is 0 Å². The van der Waals surface area contributed by atoms with E-state index in [4.69, 9.17) is 4.74 Å². The Kier molecular flexibility index (Phi) is 7.19. The fourth-order valence-corrected chi connectivity index (χ4v) is 4.43. The summed E-state index contributed by atoms with van der Waals surface area (Å²) in [4.78, 5) is 12.2. The van der Waals surface area contributed by atoms with Gasteiger partial charge in [0.15, 0.2) is 0 Å². The molecule has 0 bridgehead atoms. The number of carbonyl (C=O) groups is 1. The predicted octanol–water partition coefficient (Wildman–Crippen LogP) is 1.77. The lowest BCUT2D eigenvalue weighted by Crippen LogP contribution is -2.46. The molecule has 140 valence electrons. The first kappa shape index (κ1) is 19.7. The second-order valence-electron chi connectivity index (χ2n) is 6.11. The van der Waals surface area contributed by atoms with E-state index >= 15 is 0 Å². The number of sulfonamides is 1. The Morgan fingerprint density at radius 1 is 1.44 bits per heavy atom. The number of amides is 1. The number of benzene rings is 1. The molecule has 1 aliphatic heterocycles. The van der Waals surface area contributed by atoms with Crippen molar-refractivity contribution in [2.45, 2.75) is 26.2 Å². The van der Waals surface area contributed by atoms with Gasteiger partial charge in [-0.15, -0.1) is 0 Å². The summed E-state index contributed by atoms with van der Waals surface area (Å²) in [5.41, 5.74) is 0. The van der Waals surface area contributed by atoms with Crippen molar-refractivity contribution in [2.75, 3.05) is 32.0 Å². The zero-order valence-corrected chi connectivity index (χ0v) is 15.2. The van der Waals surface area contributed by atoms with E-state index in [0.29, 0.717) is 31.6 Å². The van der Waals surface area contributed by atoms with Crippen LogP contribution in [-0.2, 0) is 14.8 Å². The van der Waals surface area contributed by atoms with Gasteiger partial charge in [-0.25, -0.2) is 17.1 Å². The average molecular weight is 372 g/mol. The first-order valence-electron chi connectivity index (χ1n) is 8.56. The van der Waals surface area contributed by atoms with Crippen LogP contribution in [0.4, 0.5) is 4.39 Å². The lowest BCUT2D eigenvalue weighted by Gasteiger charge is -2.31. The van der Waals surface area contributed by atoms with Crippen LogP contribution in [-0.4, -0.2) is 50.6 Å². The monoisotopic (exact) mass is 372 g/mol. The molecular formula is C17H25FN2O4S. The highest BCUT2D eigenvalue weighted by molar-refractivity contribution is 7.89. The van der Waals surface area contributed by atoms with Gasteiger partial charge in [-0.05, 0) is 31.4 Å². The molecular weight excluding hydrogens is 347 g/mol. The summed E-state index contributed by atoms with van der Waals surface area (Å²) in [7, 11) is -3.27. The molecule has 1 unspecified atom stereocenters. The Hall–Kier alpha value is -1.67. The van der Waals surface area contributed by atoms with Crippen molar-refractivity contribution < 1.29 is 22.3 Å². The van der Waals surface area contributed by atoms with E-state index in [1.165, 1.54) is 16.4 Å². The number of piperidine rings is 1. The van der Waals surface area contributed by atoms with Gasteiger partial charge >= 0.3 is 0 Å². The molecule has 0 saturated carbocycles. The summed E-state index contributed by atoms with van der Waals surface area (Å²) in [5, 5.41) is 2.76. The van der Waals surface area contributed by atoms with Crippen LogP contribution in [0.2, 0.25) is 0 Å². The molecule has 2 rings (SSSR count). The van der Waals surface area contributed by atoms with Crippen LogP contribution in [0.25, 0.3) is 0 Å². The van der Waals surface area contributed by atoms with Gasteiger partial charge in [0.25, 0.3) is 0 Å². The average Bonchev–Trinajstić information content (AvgIpc) is 2.59. The van der Waals surface area contributed by atoms with Crippen LogP contribution in [0.15, 0.2) is 24.3 Å². The van der Waals surface area contributed by atoms with Crippen molar-refractivity contribution in [1.29, 1.82) is 0 Å². The summed E-state index contributed by atoms with van der Waals surface area (Å²) < 4.78 is 44.1. The first-order chi connectivity index (χ1) is 11.9. The number of hydrogen-bond donors (Lipinski definition) is 1. The molecule has 1 aromatic carbocycles. The normalized spacial score (nSPS) is 18.7. The van der Waals surface area contributed by atoms with Crippen LogP contribution >= 0.6 is 0 Å². The van der Waals surface area contributed by atoms with Gasteiger partial charge in [0.05, 0.1) is 18.2 Å². The van der Waals surface area contributed by atoms with Crippen molar-refractivity contribution in [1.82, 2.24) is 9.62 Å². The number of carbonyl (C=O) groups excluding carboxylic acids is 1. The molecule has 0 radical (unpaired) electrons. The highest BCUT2D eigenvalue weighted by Gasteiger charge is 2.31. The summed E-state index contributed by atoms with van der Waals surface area (Å²) in [6.07, 6.45) is 1.92. The Morgan fingerprint density at radius 3 is 2.96 bits per heavy atom. The topological polar surface area (TPSA) is 75.7 Å². The highest BCUT2D eigenvalue weighted by atomic mass is 32.2. The number of halogens is 1. The van der Waals surface area contributed by atoms with Gasteiger partial charge < -0.3 is 10.1 Å². The molecule has 1 N–H and O–H groups in total. The van der Waals surface area contributed by atoms with Crippen molar-refractivity contribution in [3.8, 4) is 5.75 Å². The number of hydrogen-bond acceptors (Lipinski definition) is 4. The van der Waals surface area contributed by atoms with Crippen LogP contribution in [0.1, 0.15) is 26.2 Å². The van der Waals surface area contributed by atoms with E-state index in [0.717, 1.165) is 0 Å². The van der Waals surface area contributed by atoms with Crippen molar-refractivity contribution in [2.24, 2.45) is 5.92 Å². The third kappa shape index (κ3) is 5.97. The fraction of sp³-hybridized carbons (Fsp3) is 0.588. The van der Waals surface area contributed by atoms with E-state index in [1.54, 1.807) is 12.1 Å². The maximum absolute atomic E-state index is 13.0. The number of nitrogens with one attached hydrogen (secondary N) is 1. The molecule has 6 nitrogen and oxygen atoms in total. The zero-order chi connectivity index (χ0) is 18.3. The minimum absolute atomic E-state index is 0.114. The van der Waals surface area contributed by atoms with Crippen LogP contribution in [0.3, 0.4) is 0 Å². The van der Waals surface area contributed by atoms with Crippen molar-refractivity contribution >= 4 is 15.9 Å². The van der Waals surface area contributed by atoms with E-state index in [-0.39, 0.29) is 43.1 Å². The molecule has 1 atom stereocenters. The Morgan fingerprint density at radius 2 is 2.24 bits per heavy atom. The predicted molar refractivity (Wildman–Crippen MR) is 93.3 cm³/mol. The lowest BCUT2D eigenvalue weighted by atomic mass is 9.99. The first-order valence-corrected chi connectivity index (χ1v) is 10.2. The van der Waals surface area contributed by atoms with Crippen molar-refractivity contribution in [3.05, 3.63) is 30.1 Å². The Balaban J connectivity index is 1.76. The molecule has 1 saturated heterocycles. The standard InChI is InChI=1S/C17H25FN2O4S/c1-2-11-25(22,23)20-9-4-5-14(13-20)17(21)19-8-10-24-16-7-3-6-15(18)12-16/h3,6-7,12,14H,2,4-5,8-11,13H2,1H3,(H,19,21). The fourth-order valence-electron chi connectivity index (χ4n) is 2.84. The molecule has 0 spiro atoms. The summed E-state index contributed by atoms with van der Waals surface area (Å²) >= 11 is 0. The third-order valence-corrected chi connectivity index (χ3v) is 6.12. The van der Waals surface area contributed by atoms with Gasteiger partial charge in [0.2, 0.25) is 15.9 Å². The number of ether oxygens (including phenoxy) is 1. The third-order valence-electron chi connectivity index (χ3n) is 4.08. The molecule has 1 heterocycles.